The first-order valence-electron chi connectivity index (χ1n) is 6.66. The molecule has 1 amide bonds. The molecule has 0 aromatic heterocycles. The zero-order chi connectivity index (χ0) is 15.1. The fourth-order valence-electron chi connectivity index (χ4n) is 1.61. The van der Waals surface area contributed by atoms with E-state index in [1.165, 1.54) is 18.2 Å². The summed E-state index contributed by atoms with van der Waals surface area (Å²) in [6.07, 6.45) is 1.73. The maximum absolute atomic E-state index is 13.0. The van der Waals surface area contributed by atoms with Crippen molar-refractivity contribution < 1.29 is 13.4 Å². The molecule has 0 saturated carbocycles. The van der Waals surface area contributed by atoms with Crippen LogP contribution in [0.1, 0.15) is 33.1 Å². The van der Waals surface area contributed by atoms with Crippen molar-refractivity contribution in [3.8, 4) is 0 Å². The number of carbonyl (C=O) groups excluding carboxylic acids is 1. The molecule has 112 valence electrons. The number of halogens is 1. The highest BCUT2D eigenvalue weighted by molar-refractivity contribution is 7.85. The number of hydrogen-bond acceptors (Lipinski definition) is 3. The number of nitrogens with two attached hydrogens (primary N) is 1. The van der Waals surface area contributed by atoms with Crippen LogP contribution < -0.4 is 11.1 Å². The number of nitrogen functional groups attached to an aromatic ring is 1. The predicted octanol–water partition coefficient (Wildman–Crippen LogP) is 2.67. The summed E-state index contributed by atoms with van der Waals surface area (Å²) in [4.78, 5) is 11.7. The summed E-state index contributed by atoms with van der Waals surface area (Å²) < 4.78 is 24.7. The van der Waals surface area contributed by atoms with Crippen LogP contribution in [0.15, 0.2) is 18.2 Å². The second-order valence-electron chi connectivity index (χ2n) is 4.69. The van der Waals surface area contributed by atoms with E-state index in [0.717, 1.165) is 6.42 Å². The van der Waals surface area contributed by atoms with E-state index in [-0.39, 0.29) is 16.8 Å². The lowest BCUT2D eigenvalue weighted by Crippen LogP contribution is -2.16. The van der Waals surface area contributed by atoms with Gasteiger partial charge >= 0.3 is 0 Å². The summed E-state index contributed by atoms with van der Waals surface area (Å²) in [6.45, 7) is 3.94. The van der Waals surface area contributed by atoms with E-state index in [1.54, 1.807) is 0 Å². The van der Waals surface area contributed by atoms with Crippen LogP contribution in [-0.4, -0.2) is 21.1 Å². The second kappa shape index (κ2) is 7.99. The molecule has 3 N–H and O–H groups in total. The van der Waals surface area contributed by atoms with Gasteiger partial charge in [0.1, 0.15) is 5.82 Å². The Balaban J connectivity index is 2.37. The lowest BCUT2D eigenvalue weighted by molar-refractivity contribution is -0.116. The van der Waals surface area contributed by atoms with Gasteiger partial charge < -0.3 is 11.1 Å². The topological polar surface area (TPSA) is 72.2 Å². The third-order valence-corrected chi connectivity index (χ3v) is 4.97. The number of nitrogens with one attached hydrogen (secondary N) is 1. The van der Waals surface area contributed by atoms with Crippen LogP contribution in [0.3, 0.4) is 0 Å². The lowest BCUT2D eigenvalue weighted by atomic mass is 10.2. The van der Waals surface area contributed by atoms with Gasteiger partial charge in [-0.3, -0.25) is 9.00 Å². The molecule has 1 rings (SSSR count). The summed E-state index contributed by atoms with van der Waals surface area (Å²) in [5.74, 6) is -0.169. The number of anilines is 2. The minimum absolute atomic E-state index is 0.000624. The molecule has 1 aromatic carbocycles. The maximum atomic E-state index is 13.0. The van der Waals surface area contributed by atoms with Crippen molar-refractivity contribution in [1.82, 2.24) is 0 Å². The van der Waals surface area contributed by atoms with Crippen molar-refractivity contribution in [3.63, 3.8) is 0 Å². The number of hydrogen-bond donors (Lipinski definition) is 2. The standard InChI is InChI=1S/C14H21FN2O2S/c1-3-10(2)20(19)8-4-5-14(18)17-11-6-7-12(15)13(16)9-11/h6-7,9-10H,3-5,8,16H2,1-2H3,(H,17,18). The van der Waals surface area contributed by atoms with Crippen molar-refractivity contribution in [3.05, 3.63) is 24.0 Å². The summed E-state index contributed by atoms with van der Waals surface area (Å²) >= 11 is 0. The fraction of sp³-hybridized carbons (Fsp3) is 0.500. The maximum Gasteiger partial charge on any atom is 0.224 e. The van der Waals surface area contributed by atoms with Gasteiger partial charge in [0.2, 0.25) is 5.91 Å². The highest BCUT2D eigenvalue weighted by Crippen LogP contribution is 2.16. The van der Waals surface area contributed by atoms with E-state index in [2.05, 4.69) is 5.32 Å². The van der Waals surface area contributed by atoms with Gasteiger partial charge in [0.25, 0.3) is 0 Å². The quantitative estimate of drug-likeness (QED) is 0.760. The van der Waals surface area contributed by atoms with E-state index in [1.807, 2.05) is 13.8 Å². The Morgan fingerprint density at radius 3 is 2.80 bits per heavy atom. The number of amides is 1. The van der Waals surface area contributed by atoms with Crippen LogP contribution in [-0.2, 0) is 15.6 Å². The van der Waals surface area contributed by atoms with Crippen molar-refractivity contribution in [1.29, 1.82) is 0 Å². The van der Waals surface area contributed by atoms with Crippen molar-refractivity contribution >= 4 is 28.1 Å². The summed E-state index contributed by atoms with van der Waals surface area (Å²) in [7, 11) is -0.884. The molecule has 0 fully saturated rings. The smallest absolute Gasteiger partial charge is 0.224 e. The van der Waals surface area contributed by atoms with Gasteiger partial charge in [-0.2, -0.15) is 0 Å². The monoisotopic (exact) mass is 300 g/mol. The van der Waals surface area contributed by atoms with Crippen molar-refractivity contribution in [2.45, 2.75) is 38.4 Å². The van der Waals surface area contributed by atoms with Crippen LogP contribution >= 0.6 is 0 Å². The second-order valence-corrected chi connectivity index (χ2v) is 6.67. The minimum atomic E-state index is -0.884. The minimum Gasteiger partial charge on any atom is -0.396 e. The average molecular weight is 300 g/mol. The van der Waals surface area contributed by atoms with Gasteiger partial charge in [-0.05, 0) is 31.0 Å². The van der Waals surface area contributed by atoms with Gasteiger partial charge in [-0.1, -0.05) is 13.8 Å². The molecule has 2 atom stereocenters. The molecule has 0 heterocycles. The molecule has 0 radical (unpaired) electrons. The number of carbonyl (C=O) groups is 1. The van der Waals surface area contributed by atoms with Gasteiger partial charge in [0.05, 0.1) is 5.69 Å². The Bertz CT molecular complexity index is 494. The zero-order valence-electron chi connectivity index (χ0n) is 11.8. The van der Waals surface area contributed by atoms with E-state index < -0.39 is 16.6 Å². The first kappa shape index (κ1) is 16.6. The number of rotatable bonds is 7. The summed E-state index contributed by atoms with van der Waals surface area (Å²) in [5, 5.41) is 2.80. The van der Waals surface area contributed by atoms with Gasteiger partial charge in [0, 0.05) is 33.9 Å². The first-order valence-corrected chi connectivity index (χ1v) is 8.04. The molecule has 0 aliphatic carbocycles. The summed E-state index contributed by atoms with van der Waals surface area (Å²) in [5.41, 5.74) is 5.89. The van der Waals surface area contributed by atoms with Crippen LogP contribution in [0, 0.1) is 5.82 Å². The Morgan fingerprint density at radius 1 is 1.50 bits per heavy atom. The molecular weight excluding hydrogens is 279 g/mol. The van der Waals surface area contributed by atoms with Crippen LogP contribution in [0.2, 0.25) is 0 Å². The van der Waals surface area contributed by atoms with Crippen LogP contribution in [0.25, 0.3) is 0 Å². The Hall–Kier alpha value is -1.43. The van der Waals surface area contributed by atoms with E-state index >= 15 is 0 Å². The SMILES string of the molecule is CCC(C)S(=O)CCCC(=O)Nc1ccc(F)c(N)c1. The molecule has 0 saturated heterocycles. The molecule has 0 aliphatic heterocycles. The fourth-order valence-corrected chi connectivity index (χ4v) is 2.81. The lowest BCUT2D eigenvalue weighted by Gasteiger charge is -2.09. The van der Waals surface area contributed by atoms with Crippen LogP contribution in [0.5, 0.6) is 0 Å². The molecule has 2 unspecified atom stereocenters. The van der Waals surface area contributed by atoms with E-state index in [4.69, 9.17) is 5.73 Å². The molecular formula is C14H21FN2O2S. The van der Waals surface area contributed by atoms with E-state index in [9.17, 15) is 13.4 Å². The zero-order valence-corrected chi connectivity index (χ0v) is 12.6. The molecule has 0 bridgehead atoms. The summed E-state index contributed by atoms with van der Waals surface area (Å²) in [6, 6.07) is 4.05. The predicted molar refractivity (Wildman–Crippen MR) is 81.4 cm³/mol. The molecule has 0 spiro atoms. The normalized spacial score (nSPS) is 13.8. The Kier molecular flexibility index (Phi) is 6.64. The molecule has 6 heteroatoms. The largest absolute Gasteiger partial charge is 0.396 e. The first-order chi connectivity index (χ1) is 9.43. The third kappa shape index (κ3) is 5.28. The molecule has 0 aliphatic rings. The third-order valence-electron chi connectivity index (χ3n) is 3.05. The molecule has 4 nitrogen and oxygen atoms in total. The van der Waals surface area contributed by atoms with Gasteiger partial charge in [0.15, 0.2) is 0 Å². The number of benzene rings is 1. The van der Waals surface area contributed by atoms with Gasteiger partial charge in [-0.15, -0.1) is 0 Å². The Labute approximate surface area is 121 Å². The average Bonchev–Trinajstić information content (AvgIpc) is 2.41. The van der Waals surface area contributed by atoms with Crippen LogP contribution in [0.4, 0.5) is 15.8 Å². The van der Waals surface area contributed by atoms with E-state index in [0.29, 0.717) is 24.3 Å². The highest BCUT2D eigenvalue weighted by Gasteiger charge is 2.10. The van der Waals surface area contributed by atoms with Crippen molar-refractivity contribution in [2.75, 3.05) is 16.8 Å². The molecule has 1 aromatic rings. The Morgan fingerprint density at radius 2 is 2.20 bits per heavy atom. The molecule has 20 heavy (non-hydrogen) atoms. The van der Waals surface area contributed by atoms with Crippen molar-refractivity contribution in [2.24, 2.45) is 0 Å². The van der Waals surface area contributed by atoms with Gasteiger partial charge in [-0.25, -0.2) is 4.39 Å². The highest BCUT2D eigenvalue weighted by atomic mass is 32.2.